The Morgan fingerprint density at radius 3 is 2.90 bits per heavy atom. The van der Waals surface area contributed by atoms with E-state index in [1.54, 1.807) is 13.2 Å². The van der Waals surface area contributed by atoms with Crippen LogP contribution in [0.15, 0.2) is 23.3 Å². The monoisotopic (exact) mass is 289 g/mol. The topological polar surface area (TPSA) is 113 Å². The van der Waals surface area contributed by atoms with Crippen molar-refractivity contribution in [1.29, 1.82) is 0 Å². The number of aryl methyl sites for hydroxylation is 1. The maximum Gasteiger partial charge on any atom is 0.330 e. The van der Waals surface area contributed by atoms with Crippen LogP contribution in [0, 0.1) is 0 Å². The van der Waals surface area contributed by atoms with Crippen LogP contribution in [0.4, 0.5) is 5.82 Å². The lowest BCUT2D eigenvalue weighted by Gasteiger charge is -2.13. The molecule has 0 spiro atoms. The number of carboxylic acids is 1. The number of anilines is 1. The molecule has 2 aromatic heterocycles. The Hall–Kier alpha value is -2.64. The molecule has 1 unspecified atom stereocenters. The van der Waals surface area contributed by atoms with E-state index in [1.807, 2.05) is 0 Å². The zero-order chi connectivity index (χ0) is 15.0. The third-order valence-electron chi connectivity index (χ3n) is 3.32. The van der Waals surface area contributed by atoms with E-state index in [4.69, 9.17) is 0 Å². The molecular weight excluding hydrogens is 274 g/mol. The molecule has 21 heavy (non-hydrogen) atoms. The summed E-state index contributed by atoms with van der Waals surface area (Å²) < 4.78 is 1.52. The van der Waals surface area contributed by atoms with Crippen LogP contribution in [0.25, 0.3) is 0 Å². The zero-order valence-corrected chi connectivity index (χ0v) is 11.4. The van der Waals surface area contributed by atoms with Crippen molar-refractivity contribution in [2.24, 2.45) is 7.05 Å². The van der Waals surface area contributed by atoms with E-state index in [0.29, 0.717) is 11.4 Å². The van der Waals surface area contributed by atoms with Crippen LogP contribution in [0.2, 0.25) is 0 Å². The molecule has 1 aliphatic rings. The van der Waals surface area contributed by atoms with E-state index in [-0.39, 0.29) is 17.3 Å². The summed E-state index contributed by atoms with van der Waals surface area (Å²) in [6.45, 7) is 0. The summed E-state index contributed by atoms with van der Waals surface area (Å²) in [5.74, 6) is 0.0939. The molecule has 8 nitrogen and oxygen atoms in total. The molecule has 1 fully saturated rings. The van der Waals surface area contributed by atoms with Crippen molar-refractivity contribution in [2.75, 3.05) is 5.32 Å². The molecule has 0 radical (unpaired) electrons. The molecule has 2 aromatic rings. The molecule has 3 N–H and O–H groups in total. The van der Waals surface area contributed by atoms with Gasteiger partial charge in [-0.1, -0.05) is 0 Å². The highest BCUT2D eigenvalue weighted by Crippen LogP contribution is 2.37. The smallest absolute Gasteiger partial charge is 0.330 e. The van der Waals surface area contributed by atoms with Gasteiger partial charge in [0, 0.05) is 30.8 Å². The van der Waals surface area contributed by atoms with Gasteiger partial charge in [0.2, 0.25) is 0 Å². The summed E-state index contributed by atoms with van der Waals surface area (Å²) in [4.78, 5) is 30.0. The standard InChI is InChI=1S/C13H15N5O3/c1-18-6-8(5-14-18)11(13(20)21)15-9-4-10(19)17-12(16-9)7-2-3-7/h4-7,11H,2-3H2,1H3,(H,20,21)(H2,15,16,17,19). The van der Waals surface area contributed by atoms with Crippen LogP contribution >= 0.6 is 0 Å². The average molecular weight is 289 g/mol. The van der Waals surface area contributed by atoms with Gasteiger partial charge in [0.05, 0.1) is 6.20 Å². The number of hydrogen-bond donors (Lipinski definition) is 3. The van der Waals surface area contributed by atoms with Crippen molar-refractivity contribution in [2.45, 2.75) is 24.8 Å². The first-order valence-electron chi connectivity index (χ1n) is 6.62. The number of carbonyl (C=O) groups is 1. The van der Waals surface area contributed by atoms with Gasteiger partial charge in [0.15, 0.2) is 6.04 Å². The number of carboxylic acid groups (broad SMARTS) is 1. The first-order chi connectivity index (χ1) is 10.0. The van der Waals surface area contributed by atoms with Crippen molar-refractivity contribution in [3.8, 4) is 0 Å². The molecule has 1 aliphatic carbocycles. The summed E-state index contributed by atoms with van der Waals surface area (Å²) in [6, 6.07) is 0.262. The third-order valence-corrected chi connectivity index (χ3v) is 3.32. The Labute approximate surface area is 119 Å². The molecule has 0 saturated heterocycles. The first kappa shape index (κ1) is 13.3. The molecule has 110 valence electrons. The number of H-pyrrole nitrogens is 1. The maximum atomic E-state index is 11.6. The highest BCUT2D eigenvalue weighted by molar-refractivity contribution is 5.78. The lowest BCUT2D eigenvalue weighted by Crippen LogP contribution is -2.22. The number of rotatable bonds is 5. The predicted molar refractivity (Wildman–Crippen MR) is 74.0 cm³/mol. The van der Waals surface area contributed by atoms with Crippen molar-refractivity contribution in [3.05, 3.63) is 40.2 Å². The lowest BCUT2D eigenvalue weighted by atomic mass is 10.1. The molecule has 0 bridgehead atoms. The first-order valence-corrected chi connectivity index (χ1v) is 6.62. The lowest BCUT2D eigenvalue weighted by molar-refractivity contribution is -0.138. The minimum atomic E-state index is -1.06. The van der Waals surface area contributed by atoms with Gasteiger partial charge in [0.1, 0.15) is 11.6 Å². The molecule has 1 atom stereocenters. The summed E-state index contributed by atoms with van der Waals surface area (Å²) in [7, 11) is 1.71. The van der Waals surface area contributed by atoms with E-state index < -0.39 is 12.0 Å². The molecule has 2 heterocycles. The molecule has 1 saturated carbocycles. The number of aromatic nitrogens is 4. The van der Waals surface area contributed by atoms with Gasteiger partial charge in [-0.15, -0.1) is 0 Å². The van der Waals surface area contributed by atoms with Crippen LogP contribution in [-0.4, -0.2) is 30.8 Å². The van der Waals surface area contributed by atoms with E-state index in [1.165, 1.54) is 16.9 Å². The SMILES string of the molecule is Cn1cc(C(Nc2cc(=O)[nH]c(C3CC3)n2)C(=O)O)cn1. The molecule has 8 heteroatoms. The van der Waals surface area contributed by atoms with E-state index in [0.717, 1.165) is 12.8 Å². The van der Waals surface area contributed by atoms with E-state index in [2.05, 4.69) is 20.4 Å². The third kappa shape index (κ3) is 2.93. The highest BCUT2D eigenvalue weighted by atomic mass is 16.4. The fourth-order valence-electron chi connectivity index (χ4n) is 2.13. The van der Waals surface area contributed by atoms with Crippen molar-refractivity contribution >= 4 is 11.8 Å². The summed E-state index contributed by atoms with van der Waals surface area (Å²) >= 11 is 0. The molecular formula is C13H15N5O3. The van der Waals surface area contributed by atoms with Crippen molar-refractivity contribution in [3.63, 3.8) is 0 Å². The Bertz CT molecular complexity index is 731. The van der Waals surface area contributed by atoms with E-state index >= 15 is 0 Å². The predicted octanol–water partition coefficient (Wildman–Crippen LogP) is 0.619. The second kappa shape index (κ2) is 5.04. The average Bonchev–Trinajstić information content (AvgIpc) is 3.18. The van der Waals surface area contributed by atoms with Crippen LogP contribution in [0.5, 0.6) is 0 Å². The van der Waals surface area contributed by atoms with Gasteiger partial charge in [-0.3, -0.25) is 9.48 Å². The maximum absolute atomic E-state index is 11.6. The normalized spacial score (nSPS) is 15.7. The van der Waals surface area contributed by atoms with Crippen LogP contribution < -0.4 is 10.9 Å². The summed E-state index contributed by atoms with van der Waals surface area (Å²) in [5.41, 5.74) is 0.213. The van der Waals surface area contributed by atoms with E-state index in [9.17, 15) is 14.7 Å². The quantitative estimate of drug-likeness (QED) is 0.743. The van der Waals surface area contributed by atoms with Crippen molar-refractivity contribution < 1.29 is 9.90 Å². The second-order valence-corrected chi connectivity index (χ2v) is 5.15. The highest BCUT2D eigenvalue weighted by Gasteiger charge is 2.27. The Kier molecular flexibility index (Phi) is 3.20. The number of hydrogen-bond acceptors (Lipinski definition) is 5. The second-order valence-electron chi connectivity index (χ2n) is 5.15. The largest absolute Gasteiger partial charge is 0.479 e. The van der Waals surface area contributed by atoms with Gasteiger partial charge in [-0.2, -0.15) is 5.10 Å². The Morgan fingerprint density at radius 1 is 1.57 bits per heavy atom. The molecule has 0 aromatic carbocycles. The summed E-state index contributed by atoms with van der Waals surface area (Å²) in [5, 5.41) is 16.1. The summed E-state index contributed by atoms with van der Waals surface area (Å²) in [6.07, 6.45) is 5.08. The Morgan fingerprint density at radius 2 is 2.33 bits per heavy atom. The molecule has 0 amide bonds. The fourth-order valence-corrected chi connectivity index (χ4v) is 2.13. The fraction of sp³-hybridized carbons (Fsp3) is 0.385. The van der Waals surface area contributed by atoms with Gasteiger partial charge in [0.25, 0.3) is 5.56 Å². The molecule has 3 rings (SSSR count). The van der Waals surface area contributed by atoms with Gasteiger partial charge >= 0.3 is 5.97 Å². The van der Waals surface area contributed by atoms with Gasteiger partial charge in [-0.05, 0) is 12.8 Å². The molecule has 0 aliphatic heterocycles. The Balaban J connectivity index is 1.89. The van der Waals surface area contributed by atoms with Crippen LogP contribution in [0.1, 0.15) is 36.2 Å². The number of nitrogens with one attached hydrogen (secondary N) is 2. The number of nitrogens with zero attached hydrogens (tertiary/aromatic N) is 3. The number of aromatic amines is 1. The van der Waals surface area contributed by atoms with Crippen LogP contribution in [0.3, 0.4) is 0 Å². The van der Waals surface area contributed by atoms with Gasteiger partial charge < -0.3 is 15.4 Å². The van der Waals surface area contributed by atoms with Crippen LogP contribution in [-0.2, 0) is 11.8 Å². The zero-order valence-electron chi connectivity index (χ0n) is 11.4. The van der Waals surface area contributed by atoms with Crippen molar-refractivity contribution in [1.82, 2.24) is 19.7 Å². The minimum absolute atomic E-state index is 0.261. The minimum Gasteiger partial charge on any atom is -0.479 e. The number of aliphatic carboxylic acids is 1. The van der Waals surface area contributed by atoms with Gasteiger partial charge in [-0.25, -0.2) is 9.78 Å².